The van der Waals surface area contributed by atoms with E-state index in [0.717, 1.165) is 16.7 Å². The number of ether oxygens (including phenoxy) is 2. The van der Waals surface area contributed by atoms with Gasteiger partial charge in [0.2, 0.25) is 0 Å². The second-order valence-corrected chi connectivity index (χ2v) is 6.94. The Morgan fingerprint density at radius 2 is 2.00 bits per heavy atom. The Hall–Kier alpha value is -1.94. The molecule has 0 spiro atoms. The maximum absolute atomic E-state index is 12.0. The van der Waals surface area contributed by atoms with E-state index in [0.29, 0.717) is 0 Å². The Morgan fingerprint density at radius 3 is 2.52 bits per heavy atom. The molecule has 1 amide bonds. The molecule has 0 aliphatic rings. The molecule has 25 heavy (non-hydrogen) atoms. The van der Waals surface area contributed by atoms with Crippen molar-refractivity contribution in [2.24, 2.45) is 0 Å². The molecule has 1 aromatic rings. The van der Waals surface area contributed by atoms with E-state index >= 15 is 0 Å². The van der Waals surface area contributed by atoms with Crippen LogP contribution >= 0.6 is 0 Å². The topological polar surface area (TPSA) is 64.6 Å². The number of benzene rings is 1. The predicted molar refractivity (Wildman–Crippen MR) is 95.0 cm³/mol. The van der Waals surface area contributed by atoms with Crippen molar-refractivity contribution >= 4 is 23.1 Å². The molecule has 0 aliphatic heterocycles. The first-order chi connectivity index (χ1) is 11.6. The summed E-state index contributed by atoms with van der Waals surface area (Å²) in [5.74, 6) is -0.553. The standard InChI is InChI=1S/C19H25NO4.Ni/c1-13-8-7-9-15(10-13)11-14(2)12-16(17(21)23-6)20-18(22)24-19(3,4)5;/h2,7-11,16H,12H2,1,3-6H3,(H,20,22);/b14-11+;/t16-;/m0./s1. The summed E-state index contributed by atoms with van der Waals surface area (Å²) in [6, 6.07) is 7.03. The van der Waals surface area contributed by atoms with Gasteiger partial charge in [0.15, 0.2) is 0 Å². The van der Waals surface area contributed by atoms with Gasteiger partial charge in [-0.05, 0) is 0 Å². The predicted octanol–water partition coefficient (Wildman–Crippen LogP) is 3.18. The third-order valence-corrected chi connectivity index (χ3v) is 3.49. The van der Waals surface area contributed by atoms with Crippen LogP contribution in [0, 0.1) is 6.92 Å². The monoisotopic (exact) mass is 389 g/mol. The molecule has 0 aliphatic carbocycles. The number of hydrogen-bond donors (Lipinski definition) is 1. The molecule has 5 nitrogen and oxygen atoms in total. The van der Waals surface area contributed by atoms with E-state index in [-0.39, 0.29) is 6.42 Å². The van der Waals surface area contributed by atoms with Crippen LogP contribution < -0.4 is 5.32 Å². The molecule has 1 rings (SSSR count). The van der Waals surface area contributed by atoms with Crippen molar-refractivity contribution in [2.45, 2.75) is 45.8 Å². The fraction of sp³-hybridized carbons (Fsp3) is 0.421. The molecule has 0 fully saturated rings. The number of hydrogen-bond acceptors (Lipinski definition) is 4. The average molecular weight is 390 g/mol. The van der Waals surface area contributed by atoms with Crippen molar-refractivity contribution < 1.29 is 34.1 Å². The van der Waals surface area contributed by atoms with Gasteiger partial charge in [-0.25, -0.2) is 0 Å². The summed E-state index contributed by atoms with van der Waals surface area (Å²) < 4.78 is 9.98. The van der Waals surface area contributed by atoms with Crippen molar-refractivity contribution in [1.29, 1.82) is 0 Å². The van der Waals surface area contributed by atoms with Gasteiger partial charge in [-0.3, -0.25) is 0 Å². The summed E-state index contributed by atoms with van der Waals surface area (Å²) in [5, 5.41) is 2.55. The molecule has 0 heterocycles. The van der Waals surface area contributed by atoms with E-state index in [1.54, 1.807) is 20.8 Å². The third kappa shape index (κ3) is 8.12. The summed E-state index contributed by atoms with van der Waals surface area (Å²) in [6.07, 6.45) is 1.44. The van der Waals surface area contributed by atoms with Gasteiger partial charge in [-0.1, -0.05) is 0 Å². The van der Waals surface area contributed by atoms with Crippen molar-refractivity contribution in [3.05, 3.63) is 41.0 Å². The number of amides is 1. The van der Waals surface area contributed by atoms with Gasteiger partial charge in [0, 0.05) is 0 Å². The van der Waals surface area contributed by atoms with Crippen LogP contribution in [0.5, 0.6) is 0 Å². The Balaban J connectivity index is 2.93. The zero-order valence-corrected chi connectivity index (χ0v) is 16.2. The molecule has 1 aromatic carbocycles. The van der Waals surface area contributed by atoms with Crippen LogP contribution in [0.25, 0.3) is 6.08 Å². The number of carbonyl (C=O) groups is 2. The zero-order valence-electron chi connectivity index (χ0n) is 15.2. The molecule has 0 saturated carbocycles. The SMILES string of the molecule is COC(=O)[C@H](C/C([CH]=[Ni])=C/c1cccc(C)c1)NC(=O)OC(C)(C)C. The normalized spacial score (nSPS) is 13.0. The van der Waals surface area contributed by atoms with Gasteiger partial charge in [0.05, 0.1) is 0 Å². The summed E-state index contributed by atoms with van der Waals surface area (Å²) in [7, 11) is 1.27. The van der Waals surface area contributed by atoms with Gasteiger partial charge in [-0.15, -0.1) is 0 Å². The van der Waals surface area contributed by atoms with E-state index in [9.17, 15) is 9.59 Å². The molecule has 0 bridgehead atoms. The van der Waals surface area contributed by atoms with Crippen molar-refractivity contribution in [1.82, 2.24) is 5.32 Å². The Labute approximate surface area is 156 Å². The van der Waals surface area contributed by atoms with Crippen LogP contribution in [0.1, 0.15) is 38.3 Å². The summed E-state index contributed by atoms with van der Waals surface area (Å²) in [5.41, 5.74) is 2.19. The number of aryl methyl sites for hydroxylation is 1. The van der Waals surface area contributed by atoms with Gasteiger partial charge < -0.3 is 0 Å². The molecule has 0 radical (unpaired) electrons. The third-order valence-electron chi connectivity index (χ3n) is 3.13. The quantitative estimate of drug-likeness (QED) is 0.599. The van der Waals surface area contributed by atoms with Crippen molar-refractivity contribution in [2.75, 3.05) is 7.11 Å². The van der Waals surface area contributed by atoms with Crippen molar-refractivity contribution in [3.63, 3.8) is 0 Å². The number of alkyl carbamates (subject to hydrolysis) is 1. The molecule has 6 heteroatoms. The minimum atomic E-state index is -0.873. The Bertz CT molecular complexity index is 662. The molecule has 1 atom stereocenters. The van der Waals surface area contributed by atoms with Gasteiger partial charge in [0.25, 0.3) is 0 Å². The molecule has 1 N–H and O–H groups in total. The number of methoxy groups -OCH3 is 1. The number of nitrogens with one attached hydrogen (secondary N) is 1. The van der Waals surface area contributed by atoms with E-state index in [1.807, 2.05) is 37.3 Å². The molecular weight excluding hydrogens is 365 g/mol. The van der Waals surface area contributed by atoms with Crippen LogP contribution in [-0.2, 0) is 29.3 Å². The molecular formula is C19H25NNiO4. The number of rotatable bonds is 6. The zero-order chi connectivity index (χ0) is 19.0. The average Bonchev–Trinajstić information content (AvgIpc) is 2.50. The second kappa shape index (κ2) is 9.52. The van der Waals surface area contributed by atoms with Crippen LogP contribution in [-0.4, -0.2) is 35.8 Å². The number of carbonyl (C=O) groups excluding carboxylic acids is 2. The van der Waals surface area contributed by atoms with E-state index in [1.165, 1.54) is 12.1 Å². The van der Waals surface area contributed by atoms with Crippen LogP contribution in [0.4, 0.5) is 4.79 Å². The van der Waals surface area contributed by atoms with Crippen LogP contribution in [0.3, 0.4) is 0 Å². The molecule has 0 saturated heterocycles. The van der Waals surface area contributed by atoms with E-state index in [4.69, 9.17) is 24.5 Å². The molecule has 0 aromatic heterocycles. The van der Waals surface area contributed by atoms with E-state index < -0.39 is 23.7 Å². The van der Waals surface area contributed by atoms with Crippen LogP contribution in [0.2, 0.25) is 0 Å². The fourth-order valence-corrected chi connectivity index (χ4v) is 2.32. The van der Waals surface area contributed by atoms with Crippen molar-refractivity contribution in [3.8, 4) is 0 Å². The Kier molecular flexibility index (Phi) is 8.04. The van der Waals surface area contributed by atoms with Crippen LogP contribution in [0.15, 0.2) is 29.8 Å². The molecule has 140 valence electrons. The first-order valence-corrected chi connectivity index (χ1v) is 8.46. The second-order valence-electron chi connectivity index (χ2n) is 6.65. The summed E-state index contributed by atoms with van der Waals surface area (Å²) >= 11 is 4.74. The fourth-order valence-electron chi connectivity index (χ4n) is 2.12. The summed E-state index contributed by atoms with van der Waals surface area (Å²) in [6.45, 7) is 7.25. The first kappa shape index (κ1) is 21.1. The Morgan fingerprint density at radius 1 is 1.32 bits per heavy atom. The van der Waals surface area contributed by atoms with Gasteiger partial charge in [0.1, 0.15) is 0 Å². The maximum atomic E-state index is 12.0. The summed E-state index contributed by atoms with van der Waals surface area (Å²) in [4.78, 5) is 25.5. The van der Waals surface area contributed by atoms with Gasteiger partial charge >= 0.3 is 156 Å². The van der Waals surface area contributed by atoms with E-state index in [2.05, 4.69) is 5.32 Å². The van der Waals surface area contributed by atoms with Gasteiger partial charge in [-0.2, -0.15) is 0 Å². The first-order valence-electron chi connectivity index (χ1n) is 7.89. The molecule has 0 unspecified atom stereocenters. The minimum absolute atomic E-state index is 0.222. The number of esters is 1.